The van der Waals surface area contributed by atoms with Gasteiger partial charge in [-0.15, -0.1) is 0 Å². The van der Waals surface area contributed by atoms with Crippen LogP contribution in [0.3, 0.4) is 0 Å². The van der Waals surface area contributed by atoms with Crippen molar-refractivity contribution in [1.29, 1.82) is 0 Å². The lowest BCUT2D eigenvalue weighted by Crippen LogP contribution is -2.14. The summed E-state index contributed by atoms with van der Waals surface area (Å²) in [6, 6.07) is 22.8. The molecule has 0 aliphatic heterocycles. The van der Waals surface area contributed by atoms with Crippen molar-refractivity contribution in [3.8, 4) is 11.5 Å². The van der Waals surface area contributed by atoms with Crippen LogP contribution in [0.1, 0.15) is 49.9 Å². The lowest BCUT2D eigenvalue weighted by atomic mass is 10.00. The molecule has 5 N–H and O–H groups in total. The highest BCUT2D eigenvalue weighted by molar-refractivity contribution is 5.84. The topological polar surface area (TPSA) is 80.6 Å². The van der Waals surface area contributed by atoms with E-state index in [-0.39, 0.29) is 0 Å². The first kappa shape index (κ1) is 30.1. The summed E-state index contributed by atoms with van der Waals surface area (Å²) < 4.78 is 11.2. The van der Waals surface area contributed by atoms with Crippen LogP contribution in [0.4, 0.5) is 5.69 Å². The third-order valence-electron chi connectivity index (χ3n) is 6.46. The molecular weight excluding hydrogens is 496 g/mol. The van der Waals surface area contributed by atoms with Gasteiger partial charge in [0.15, 0.2) is 11.5 Å². The van der Waals surface area contributed by atoms with E-state index in [0.29, 0.717) is 18.1 Å². The van der Waals surface area contributed by atoms with Crippen LogP contribution in [0.2, 0.25) is 0 Å². The molecule has 0 fully saturated rings. The standard InChI is InChI=1S/C34H42N4O2/c1-7-40-33-17-14-30(19-34(33)39-6)31(23-38-35)18-26(4)28-12-15-32(16-13-28)37-21-25(3)20-36-22-27(5)29-10-8-24(2)9-11-29/h8-20,22-23,36-38H,7,21,35H2,1-6H3/b25-20+,26-18+,27-22+,31-23+. The van der Waals surface area contributed by atoms with E-state index in [1.807, 2.05) is 37.5 Å². The molecule has 0 saturated heterocycles. The quantitative estimate of drug-likeness (QED) is 0.104. The number of hydrogen-bond donors (Lipinski definition) is 4. The molecule has 0 unspecified atom stereocenters. The summed E-state index contributed by atoms with van der Waals surface area (Å²) in [6.07, 6.45) is 7.93. The Kier molecular flexibility index (Phi) is 11.5. The van der Waals surface area contributed by atoms with E-state index in [0.717, 1.165) is 34.5 Å². The summed E-state index contributed by atoms with van der Waals surface area (Å²) in [5, 5.41) is 6.80. The minimum absolute atomic E-state index is 0.574. The largest absolute Gasteiger partial charge is 0.493 e. The third kappa shape index (κ3) is 8.82. The number of anilines is 1. The molecule has 0 radical (unpaired) electrons. The van der Waals surface area contributed by atoms with Crippen LogP contribution in [0, 0.1) is 6.92 Å². The number of rotatable bonds is 13. The van der Waals surface area contributed by atoms with Crippen molar-refractivity contribution in [1.82, 2.24) is 10.7 Å². The smallest absolute Gasteiger partial charge is 0.161 e. The Labute approximate surface area is 239 Å². The molecule has 3 aromatic rings. The molecule has 0 bridgehead atoms. The van der Waals surface area contributed by atoms with E-state index in [1.54, 1.807) is 13.3 Å². The molecule has 0 aromatic heterocycles. The molecule has 0 heterocycles. The van der Waals surface area contributed by atoms with Crippen molar-refractivity contribution in [2.75, 3.05) is 25.6 Å². The number of aryl methyl sites for hydroxylation is 1. The molecule has 0 aliphatic rings. The second-order valence-corrected chi connectivity index (χ2v) is 9.67. The molecule has 6 nitrogen and oxygen atoms in total. The molecule has 0 aliphatic carbocycles. The Bertz CT molecular complexity index is 1370. The Morgan fingerprint density at radius 2 is 1.45 bits per heavy atom. The van der Waals surface area contributed by atoms with Gasteiger partial charge >= 0.3 is 0 Å². The van der Waals surface area contributed by atoms with Gasteiger partial charge < -0.3 is 25.5 Å². The van der Waals surface area contributed by atoms with E-state index < -0.39 is 0 Å². The van der Waals surface area contributed by atoms with Crippen LogP contribution in [0.5, 0.6) is 11.5 Å². The first-order valence-corrected chi connectivity index (χ1v) is 13.5. The van der Waals surface area contributed by atoms with Gasteiger partial charge in [0.05, 0.1) is 13.7 Å². The predicted molar refractivity (Wildman–Crippen MR) is 170 cm³/mol. The van der Waals surface area contributed by atoms with Gasteiger partial charge in [0.2, 0.25) is 0 Å². The predicted octanol–water partition coefficient (Wildman–Crippen LogP) is 7.28. The average Bonchev–Trinajstić information content (AvgIpc) is 2.96. The number of nitrogens with two attached hydrogens (primary N) is 1. The van der Waals surface area contributed by atoms with Crippen molar-refractivity contribution in [3.63, 3.8) is 0 Å². The van der Waals surface area contributed by atoms with Crippen molar-refractivity contribution < 1.29 is 9.47 Å². The summed E-state index contributed by atoms with van der Waals surface area (Å²) in [5.41, 5.74) is 12.7. The van der Waals surface area contributed by atoms with E-state index >= 15 is 0 Å². The summed E-state index contributed by atoms with van der Waals surface area (Å²) in [7, 11) is 1.64. The number of hydrogen-bond acceptors (Lipinski definition) is 6. The maximum absolute atomic E-state index is 5.65. The molecule has 6 heteroatoms. The Morgan fingerprint density at radius 1 is 0.800 bits per heavy atom. The zero-order valence-electron chi connectivity index (χ0n) is 24.5. The van der Waals surface area contributed by atoms with Gasteiger partial charge in [0.25, 0.3) is 0 Å². The average molecular weight is 539 g/mol. The molecule has 0 saturated carbocycles. The van der Waals surface area contributed by atoms with Gasteiger partial charge in [-0.3, -0.25) is 5.84 Å². The van der Waals surface area contributed by atoms with Gasteiger partial charge in [-0.05, 0) is 104 Å². The Balaban J connectivity index is 1.62. The first-order valence-electron chi connectivity index (χ1n) is 13.5. The molecule has 3 rings (SSSR count). The normalized spacial score (nSPS) is 12.7. The summed E-state index contributed by atoms with van der Waals surface area (Å²) in [6.45, 7) is 11.7. The minimum Gasteiger partial charge on any atom is -0.493 e. The maximum Gasteiger partial charge on any atom is 0.161 e. The minimum atomic E-state index is 0.574. The third-order valence-corrected chi connectivity index (χ3v) is 6.46. The first-order chi connectivity index (χ1) is 19.3. The summed E-state index contributed by atoms with van der Waals surface area (Å²) in [5.74, 6) is 7.05. The second kappa shape index (κ2) is 15.2. The zero-order valence-corrected chi connectivity index (χ0v) is 24.5. The molecule has 40 heavy (non-hydrogen) atoms. The van der Waals surface area contributed by atoms with Gasteiger partial charge in [-0.1, -0.05) is 48.0 Å². The monoisotopic (exact) mass is 538 g/mol. The maximum atomic E-state index is 5.65. The highest BCUT2D eigenvalue weighted by Crippen LogP contribution is 2.32. The zero-order chi connectivity index (χ0) is 28.9. The van der Waals surface area contributed by atoms with Crippen molar-refractivity contribution >= 4 is 22.4 Å². The van der Waals surface area contributed by atoms with Crippen molar-refractivity contribution in [2.45, 2.75) is 34.6 Å². The fraction of sp³-hybridized carbons (Fsp3) is 0.235. The number of methoxy groups -OCH3 is 1. The molecule has 3 aromatic carbocycles. The van der Waals surface area contributed by atoms with E-state index in [1.165, 1.54) is 22.3 Å². The van der Waals surface area contributed by atoms with Crippen LogP contribution >= 0.6 is 0 Å². The summed E-state index contributed by atoms with van der Waals surface area (Å²) >= 11 is 0. The van der Waals surface area contributed by atoms with Crippen LogP contribution in [-0.4, -0.2) is 20.3 Å². The van der Waals surface area contributed by atoms with Gasteiger partial charge in [-0.2, -0.15) is 0 Å². The fourth-order valence-corrected chi connectivity index (χ4v) is 4.09. The van der Waals surface area contributed by atoms with Crippen molar-refractivity contribution in [2.24, 2.45) is 5.84 Å². The fourth-order valence-electron chi connectivity index (χ4n) is 4.09. The van der Waals surface area contributed by atoms with E-state index in [2.05, 4.69) is 98.4 Å². The SMILES string of the molecule is CCOc1ccc(C(/C=C(\C)c2ccc(NC/C(C)=C/N/C=C(\C)c3ccc(C)cc3)cc2)=C/NN)cc1OC. The van der Waals surface area contributed by atoms with Crippen LogP contribution in [0.15, 0.2) is 97.0 Å². The van der Waals surface area contributed by atoms with E-state index in [4.69, 9.17) is 15.3 Å². The van der Waals surface area contributed by atoms with Crippen molar-refractivity contribution in [3.05, 3.63) is 119 Å². The van der Waals surface area contributed by atoms with Gasteiger partial charge in [0, 0.05) is 30.8 Å². The molecule has 0 spiro atoms. The molecule has 0 amide bonds. The van der Waals surface area contributed by atoms with Gasteiger partial charge in [0.1, 0.15) is 0 Å². The second-order valence-electron chi connectivity index (χ2n) is 9.67. The highest BCUT2D eigenvalue weighted by Gasteiger charge is 2.09. The number of ether oxygens (including phenoxy) is 2. The Hall–Kier alpha value is -4.42. The number of allylic oxidation sites excluding steroid dienone is 4. The lowest BCUT2D eigenvalue weighted by Gasteiger charge is -2.13. The number of benzene rings is 3. The molecular formula is C34H42N4O2. The Morgan fingerprint density at radius 3 is 2.10 bits per heavy atom. The molecule has 0 atom stereocenters. The van der Waals surface area contributed by atoms with Crippen LogP contribution < -0.4 is 31.4 Å². The molecule has 210 valence electrons. The van der Waals surface area contributed by atoms with Crippen LogP contribution in [-0.2, 0) is 0 Å². The van der Waals surface area contributed by atoms with E-state index in [9.17, 15) is 0 Å². The number of hydrazine groups is 1. The van der Waals surface area contributed by atoms with Gasteiger partial charge in [-0.25, -0.2) is 0 Å². The highest BCUT2D eigenvalue weighted by atomic mass is 16.5. The summed E-state index contributed by atoms with van der Waals surface area (Å²) in [4.78, 5) is 0. The van der Waals surface area contributed by atoms with Crippen LogP contribution in [0.25, 0.3) is 16.7 Å². The lowest BCUT2D eigenvalue weighted by molar-refractivity contribution is 0.311. The number of nitrogens with one attached hydrogen (secondary N) is 3.